The smallest absolute Gasteiger partial charge is 0.102 e. The van der Waals surface area contributed by atoms with Crippen molar-refractivity contribution in [3.63, 3.8) is 0 Å². The maximum atomic E-state index is 8.89. The monoisotopic (exact) mass is 337 g/mol. The van der Waals surface area contributed by atoms with Gasteiger partial charge in [0.15, 0.2) is 0 Å². The lowest BCUT2D eigenvalue weighted by Crippen LogP contribution is -3.01. The van der Waals surface area contributed by atoms with Crippen molar-refractivity contribution in [2.75, 3.05) is 6.54 Å². The van der Waals surface area contributed by atoms with Gasteiger partial charge in [-0.05, 0) is 26.2 Å². The molecule has 0 aromatic rings. The first-order valence-corrected chi connectivity index (χ1v) is 10.0. The summed E-state index contributed by atoms with van der Waals surface area (Å²) in [6.45, 7) is 6.81. The van der Waals surface area contributed by atoms with Crippen LogP contribution in [0.3, 0.4) is 0 Å². The third kappa shape index (κ3) is 15.8. The molecule has 1 unspecified atom stereocenters. The van der Waals surface area contributed by atoms with E-state index in [0.29, 0.717) is 0 Å². The molecule has 0 radical (unpaired) electrons. The minimum Gasteiger partial charge on any atom is -0.550 e. The summed E-state index contributed by atoms with van der Waals surface area (Å²) in [5.74, 6) is -1.08. The number of carboxylic acid groups (broad SMARTS) is 1. The Hall–Kier alpha value is -1.09. The molecule has 1 rings (SSSR count). The van der Waals surface area contributed by atoms with Crippen molar-refractivity contribution in [2.24, 2.45) is 0 Å². The molecule has 0 saturated heterocycles. The van der Waals surface area contributed by atoms with Gasteiger partial charge >= 0.3 is 0 Å². The SMILES string of the molecule is CC(=O)[O-].CCCCCCCCCCCC[NH+]1C=CC(CCC)=C1. The van der Waals surface area contributed by atoms with E-state index in [1.807, 2.05) is 0 Å². The fourth-order valence-corrected chi connectivity index (χ4v) is 2.96. The predicted octanol–water partition coefficient (Wildman–Crippen LogP) is 3.76. The zero-order valence-electron chi connectivity index (χ0n) is 16.2. The normalized spacial score (nSPS) is 15.8. The lowest BCUT2D eigenvalue weighted by molar-refractivity contribution is -0.788. The molecule has 0 aromatic heterocycles. The zero-order valence-corrected chi connectivity index (χ0v) is 16.2. The topological polar surface area (TPSA) is 44.6 Å². The van der Waals surface area contributed by atoms with Gasteiger partial charge in [-0.3, -0.25) is 4.90 Å². The second-order valence-corrected chi connectivity index (χ2v) is 6.80. The van der Waals surface area contributed by atoms with Crippen molar-refractivity contribution >= 4 is 5.97 Å². The number of rotatable bonds is 13. The number of carboxylic acids is 1. The summed E-state index contributed by atoms with van der Waals surface area (Å²) in [6, 6.07) is 0. The summed E-state index contributed by atoms with van der Waals surface area (Å²) in [7, 11) is 0. The maximum Gasteiger partial charge on any atom is 0.102 e. The molecule has 3 nitrogen and oxygen atoms in total. The van der Waals surface area contributed by atoms with Gasteiger partial charge in [-0.15, -0.1) is 0 Å². The van der Waals surface area contributed by atoms with Crippen LogP contribution in [0.15, 0.2) is 24.0 Å². The molecule has 24 heavy (non-hydrogen) atoms. The van der Waals surface area contributed by atoms with E-state index in [-0.39, 0.29) is 0 Å². The van der Waals surface area contributed by atoms with Crippen molar-refractivity contribution in [1.29, 1.82) is 0 Å². The third-order valence-electron chi connectivity index (χ3n) is 4.24. The lowest BCUT2D eigenvalue weighted by atomic mass is 10.1. The molecule has 0 amide bonds. The van der Waals surface area contributed by atoms with E-state index in [0.717, 1.165) is 6.92 Å². The van der Waals surface area contributed by atoms with Gasteiger partial charge in [-0.2, -0.15) is 0 Å². The van der Waals surface area contributed by atoms with E-state index >= 15 is 0 Å². The minimum atomic E-state index is -1.08. The van der Waals surface area contributed by atoms with Crippen LogP contribution in [0.2, 0.25) is 0 Å². The first-order valence-electron chi connectivity index (χ1n) is 10.0. The van der Waals surface area contributed by atoms with Crippen LogP contribution in [0.25, 0.3) is 0 Å². The Morgan fingerprint density at radius 2 is 1.42 bits per heavy atom. The van der Waals surface area contributed by atoms with Crippen LogP contribution in [0.4, 0.5) is 0 Å². The number of nitrogens with one attached hydrogen (secondary N) is 1. The summed E-state index contributed by atoms with van der Waals surface area (Å²) in [5.41, 5.74) is 1.54. The van der Waals surface area contributed by atoms with Gasteiger partial charge in [0.2, 0.25) is 0 Å². The van der Waals surface area contributed by atoms with Crippen LogP contribution in [-0.4, -0.2) is 12.5 Å². The second kappa shape index (κ2) is 16.8. The van der Waals surface area contributed by atoms with Crippen LogP contribution >= 0.6 is 0 Å². The summed E-state index contributed by atoms with van der Waals surface area (Å²) in [5, 5.41) is 8.89. The van der Waals surface area contributed by atoms with E-state index < -0.39 is 5.97 Å². The van der Waals surface area contributed by atoms with Crippen molar-refractivity contribution in [3.05, 3.63) is 24.0 Å². The Bertz CT molecular complexity index is 357. The number of hydrogen-bond acceptors (Lipinski definition) is 2. The number of unbranched alkanes of at least 4 members (excludes halogenated alkanes) is 9. The van der Waals surface area contributed by atoms with Crippen LogP contribution in [0, 0.1) is 0 Å². The molecule has 1 atom stereocenters. The molecule has 1 N–H and O–H groups in total. The quantitative estimate of drug-likeness (QED) is 0.520. The molecule has 0 spiro atoms. The highest BCUT2D eigenvalue weighted by molar-refractivity contribution is 5.60. The van der Waals surface area contributed by atoms with Crippen LogP contribution in [0.1, 0.15) is 97.8 Å². The number of aliphatic carboxylic acids is 1. The Morgan fingerprint density at radius 3 is 1.92 bits per heavy atom. The Kier molecular flexibility index (Phi) is 16.0. The van der Waals surface area contributed by atoms with Crippen LogP contribution in [0.5, 0.6) is 0 Å². The zero-order chi connectivity index (χ0) is 18.0. The standard InChI is InChI=1S/C19H35N.C2H4O2/c1-3-5-6-7-8-9-10-11-12-13-16-20-17-15-19(18-20)14-4-2;1-2(3)4/h15,17-18H,3-14,16H2,1-2H3;1H3,(H,3,4). The number of carbonyl (C=O) groups is 1. The number of allylic oxidation sites excluding steroid dienone is 2. The molecule has 1 heterocycles. The molecule has 0 fully saturated rings. The maximum absolute atomic E-state index is 8.89. The third-order valence-corrected chi connectivity index (χ3v) is 4.24. The van der Waals surface area contributed by atoms with Crippen molar-refractivity contribution < 1.29 is 14.8 Å². The largest absolute Gasteiger partial charge is 0.550 e. The molecular formula is C21H39NO2. The summed E-state index contributed by atoms with van der Waals surface area (Å²) in [6.07, 6.45) is 23.9. The van der Waals surface area contributed by atoms with Crippen LogP contribution < -0.4 is 10.0 Å². The Morgan fingerprint density at radius 1 is 0.917 bits per heavy atom. The van der Waals surface area contributed by atoms with Crippen molar-refractivity contribution in [3.8, 4) is 0 Å². The molecule has 1 aliphatic rings. The van der Waals surface area contributed by atoms with E-state index in [4.69, 9.17) is 9.90 Å². The van der Waals surface area contributed by atoms with Crippen molar-refractivity contribution in [1.82, 2.24) is 0 Å². The van der Waals surface area contributed by atoms with Gasteiger partial charge < -0.3 is 9.90 Å². The summed E-state index contributed by atoms with van der Waals surface area (Å²) in [4.78, 5) is 10.5. The molecule has 0 aliphatic carbocycles. The molecule has 3 heteroatoms. The highest BCUT2D eigenvalue weighted by Gasteiger charge is 2.09. The average molecular weight is 338 g/mol. The van der Waals surface area contributed by atoms with Gasteiger partial charge in [-0.25, -0.2) is 0 Å². The van der Waals surface area contributed by atoms with Gasteiger partial charge in [0, 0.05) is 17.6 Å². The first-order chi connectivity index (χ1) is 11.6. The number of carbonyl (C=O) groups excluding carboxylic acids is 1. The highest BCUT2D eigenvalue weighted by atomic mass is 16.4. The van der Waals surface area contributed by atoms with Gasteiger partial charge in [0.25, 0.3) is 0 Å². The lowest BCUT2D eigenvalue weighted by Gasteiger charge is -2.06. The van der Waals surface area contributed by atoms with Gasteiger partial charge in [0.05, 0.1) is 12.7 Å². The van der Waals surface area contributed by atoms with E-state index in [1.54, 1.807) is 4.90 Å². The molecule has 0 aromatic carbocycles. The van der Waals surface area contributed by atoms with Gasteiger partial charge in [-0.1, -0.05) is 71.6 Å². The van der Waals surface area contributed by atoms with Crippen LogP contribution in [-0.2, 0) is 4.79 Å². The van der Waals surface area contributed by atoms with E-state index in [9.17, 15) is 0 Å². The minimum absolute atomic E-state index is 0.972. The van der Waals surface area contributed by atoms with Gasteiger partial charge in [0.1, 0.15) is 6.20 Å². The highest BCUT2D eigenvalue weighted by Crippen LogP contribution is 2.10. The fourth-order valence-electron chi connectivity index (χ4n) is 2.96. The Labute approximate surface area is 149 Å². The molecular weight excluding hydrogens is 298 g/mol. The first kappa shape index (κ1) is 22.9. The average Bonchev–Trinajstić information content (AvgIpc) is 2.96. The summed E-state index contributed by atoms with van der Waals surface area (Å²) >= 11 is 0. The molecule has 140 valence electrons. The van der Waals surface area contributed by atoms with E-state index in [1.165, 1.54) is 89.2 Å². The summed E-state index contributed by atoms with van der Waals surface area (Å²) < 4.78 is 0. The fraction of sp³-hybridized carbons (Fsp3) is 0.762. The molecule has 0 bridgehead atoms. The molecule has 0 saturated carbocycles. The second-order valence-electron chi connectivity index (χ2n) is 6.80. The molecule has 1 aliphatic heterocycles. The van der Waals surface area contributed by atoms with Crippen molar-refractivity contribution in [2.45, 2.75) is 97.8 Å². The predicted molar refractivity (Wildman–Crippen MR) is 100 cm³/mol. The van der Waals surface area contributed by atoms with E-state index in [2.05, 4.69) is 32.3 Å². The Balaban J connectivity index is 0.00000118. The number of hydrogen-bond donors (Lipinski definition) is 1. The number of quaternary nitrogens is 1.